The number of aliphatic hydroxyl groups excluding tert-OH is 1. The summed E-state index contributed by atoms with van der Waals surface area (Å²) in [4.78, 5) is 4.01. The third kappa shape index (κ3) is 3.08. The Hall–Kier alpha value is -1.87. The molecule has 0 aliphatic heterocycles. The second-order valence-corrected chi connectivity index (χ2v) is 4.11. The second-order valence-electron chi connectivity index (χ2n) is 4.11. The van der Waals surface area contributed by atoms with Gasteiger partial charge in [0.05, 0.1) is 6.61 Å². The zero-order valence-corrected chi connectivity index (χ0v) is 10.4. The Kier molecular flexibility index (Phi) is 4.31. The van der Waals surface area contributed by atoms with Crippen molar-refractivity contribution in [3.05, 3.63) is 59.9 Å². The molecule has 1 N–H and O–H groups in total. The van der Waals surface area contributed by atoms with E-state index in [2.05, 4.69) is 11.9 Å². The summed E-state index contributed by atoms with van der Waals surface area (Å²) in [6.45, 7) is 2.75. The van der Waals surface area contributed by atoms with Crippen LogP contribution in [-0.2, 0) is 0 Å². The molecule has 0 aliphatic rings. The minimum absolute atomic E-state index is 0.663. The van der Waals surface area contributed by atoms with Crippen LogP contribution in [0, 0.1) is 0 Å². The van der Waals surface area contributed by atoms with Crippen molar-refractivity contribution in [2.75, 3.05) is 6.61 Å². The average molecular weight is 243 g/mol. The zero-order valence-electron chi connectivity index (χ0n) is 10.4. The van der Waals surface area contributed by atoms with E-state index in [1.165, 1.54) is 0 Å². The largest absolute Gasteiger partial charge is 0.494 e. The highest BCUT2D eigenvalue weighted by atomic mass is 16.5. The number of hydrogen-bond acceptors (Lipinski definition) is 3. The molecule has 0 radical (unpaired) electrons. The maximum atomic E-state index is 10.2. The van der Waals surface area contributed by atoms with Crippen LogP contribution in [0.3, 0.4) is 0 Å². The van der Waals surface area contributed by atoms with Gasteiger partial charge in [-0.15, -0.1) is 0 Å². The van der Waals surface area contributed by atoms with Gasteiger partial charge in [0, 0.05) is 18.0 Å². The Bertz CT molecular complexity index is 485. The second kappa shape index (κ2) is 6.17. The molecule has 3 heteroatoms. The third-order valence-electron chi connectivity index (χ3n) is 2.65. The number of hydrogen-bond donors (Lipinski definition) is 1. The summed E-state index contributed by atoms with van der Waals surface area (Å²) in [5.74, 6) is 0.789. The Labute approximate surface area is 107 Å². The monoisotopic (exact) mass is 243 g/mol. The van der Waals surface area contributed by atoms with Gasteiger partial charge in [-0.05, 0) is 30.2 Å². The van der Waals surface area contributed by atoms with Crippen LogP contribution in [0.4, 0.5) is 0 Å². The van der Waals surface area contributed by atoms with Gasteiger partial charge >= 0.3 is 0 Å². The summed E-state index contributed by atoms with van der Waals surface area (Å²) in [7, 11) is 0. The lowest BCUT2D eigenvalue weighted by atomic mass is 10.0. The van der Waals surface area contributed by atoms with E-state index in [0.29, 0.717) is 6.61 Å². The number of pyridine rings is 1. The van der Waals surface area contributed by atoms with Gasteiger partial charge < -0.3 is 9.84 Å². The van der Waals surface area contributed by atoms with E-state index in [1.807, 2.05) is 36.4 Å². The summed E-state index contributed by atoms with van der Waals surface area (Å²) < 4.78 is 5.56. The molecule has 2 aromatic rings. The molecule has 0 bridgehead atoms. The zero-order chi connectivity index (χ0) is 12.8. The highest BCUT2D eigenvalue weighted by Gasteiger charge is 2.10. The average Bonchev–Trinajstić information content (AvgIpc) is 2.45. The van der Waals surface area contributed by atoms with Crippen LogP contribution < -0.4 is 4.74 Å². The topological polar surface area (TPSA) is 42.4 Å². The van der Waals surface area contributed by atoms with Crippen molar-refractivity contribution >= 4 is 0 Å². The van der Waals surface area contributed by atoms with Gasteiger partial charge in [0.1, 0.15) is 11.9 Å². The predicted octanol–water partition coefficient (Wildman–Crippen LogP) is 2.95. The first-order chi connectivity index (χ1) is 8.81. The Morgan fingerprint density at radius 3 is 2.78 bits per heavy atom. The first kappa shape index (κ1) is 12.6. The van der Waals surface area contributed by atoms with Crippen LogP contribution >= 0.6 is 0 Å². The van der Waals surface area contributed by atoms with Crippen LogP contribution in [0.25, 0.3) is 0 Å². The van der Waals surface area contributed by atoms with Crippen LogP contribution in [0.5, 0.6) is 5.75 Å². The minimum atomic E-state index is -0.663. The molecule has 1 atom stereocenters. The van der Waals surface area contributed by atoms with Crippen molar-refractivity contribution in [3.8, 4) is 5.75 Å². The molecular weight excluding hydrogens is 226 g/mol. The molecule has 1 unspecified atom stereocenters. The molecule has 0 saturated carbocycles. The molecule has 18 heavy (non-hydrogen) atoms. The van der Waals surface area contributed by atoms with Crippen molar-refractivity contribution in [1.29, 1.82) is 0 Å². The Balaban J connectivity index is 2.17. The standard InChI is InChI=1S/C15H17NO2/c1-2-9-18-14-7-3-5-12(10-14)15(17)13-6-4-8-16-11-13/h3-8,10-11,15,17H,2,9H2,1H3. The first-order valence-electron chi connectivity index (χ1n) is 6.12. The van der Waals surface area contributed by atoms with E-state index in [0.717, 1.165) is 23.3 Å². The van der Waals surface area contributed by atoms with Crippen LogP contribution in [0.2, 0.25) is 0 Å². The molecule has 0 aliphatic carbocycles. The fraction of sp³-hybridized carbons (Fsp3) is 0.267. The molecule has 0 saturated heterocycles. The molecule has 0 fully saturated rings. The summed E-state index contributed by atoms with van der Waals surface area (Å²) in [5.41, 5.74) is 1.60. The van der Waals surface area contributed by atoms with E-state index in [1.54, 1.807) is 12.4 Å². The molecular formula is C15H17NO2. The van der Waals surface area contributed by atoms with Gasteiger partial charge in [-0.3, -0.25) is 4.98 Å². The SMILES string of the molecule is CCCOc1cccc(C(O)c2cccnc2)c1. The Morgan fingerprint density at radius 1 is 1.22 bits per heavy atom. The molecule has 0 spiro atoms. The summed E-state index contributed by atoms with van der Waals surface area (Å²) in [6.07, 6.45) is 3.67. The molecule has 0 amide bonds. The van der Waals surface area contributed by atoms with Crippen LogP contribution in [-0.4, -0.2) is 16.7 Å². The number of benzene rings is 1. The van der Waals surface area contributed by atoms with Crippen molar-refractivity contribution in [2.24, 2.45) is 0 Å². The number of nitrogens with zero attached hydrogens (tertiary/aromatic N) is 1. The molecule has 1 aromatic heterocycles. The van der Waals surface area contributed by atoms with Gasteiger partial charge in [-0.25, -0.2) is 0 Å². The van der Waals surface area contributed by atoms with Crippen LogP contribution in [0.15, 0.2) is 48.8 Å². The lowest BCUT2D eigenvalue weighted by Crippen LogP contribution is -2.01. The van der Waals surface area contributed by atoms with Gasteiger partial charge in [-0.2, -0.15) is 0 Å². The van der Waals surface area contributed by atoms with Crippen molar-refractivity contribution < 1.29 is 9.84 Å². The van der Waals surface area contributed by atoms with Gasteiger partial charge in [-0.1, -0.05) is 25.1 Å². The maximum absolute atomic E-state index is 10.2. The summed E-state index contributed by atoms with van der Waals surface area (Å²) >= 11 is 0. The Morgan fingerprint density at radius 2 is 2.06 bits per heavy atom. The summed E-state index contributed by atoms with van der Waals surface area (Å²) in [6, 6.07) is 11.2. The minimum Gasteiger partial charge on any atom is -0.494 e. The van der Waals surface area contributed by atoms with E-state index in [4.69, 9.17) is 4.74 Å². The third-order valence-corrected chi connectivity index (χ3v) is 2.65. The lowest BCUT2D eigenvalue weighted by Gasteiger charge is -2.12. The van der Waals surface area contributed by atoms with Gasteiger partial charge in [0.15, 0.2) is 0 Å². The molecule has 94 valence electrons. The highest BCUT2D eigenvalue weighted by molar-refractivity contribution is 5.34. The molecule has 1 aromatic carbocycles. The quantitative estimate of drug-likeness (QED) is 0.878. The fourth-order valence-corrected chi connectivity index (χ4v) is 1.72. The number of aliphatic hydroxyl groups is 1. The highest BCUT2D eigenvalue weighted by Crippen LogP contribution is 2.24. The van der Waals surface area contributed by atoms with E-state index >= 15 is 0 Å². The van der Waals surface area contributed by atoms with Crippen LogP contribution in [0.1, 0.15) is 30.6 Å². The van der Waals surface area contributed by atoms with E-state index in [9.17, 15) is 5.11 Å². The lowest BCUT2D eigenvalue weighted by molar-refractivity contribution is 0.219. The molecule has 1 heterocycles. The van der Waals surface area contributed by atoms with Gasteiger partial charge in [0.2, 0.25) is 0 Å². The number of rotatable bonds is 5. The smallest absolute Gasteiger partial charge is 0.119 e. The fourth-order valence-electron chi connectivity index (χ4n) is 1.72. The van der Waals surface area contributed by atoms with Crippen molar-refractivity contribution in [3.63, 3.8) is 0 Å². The predicted molar refractivity (Wildman–Crippen MR) is 70.5 cm³/mol. The number of aromatic nitrogens is 1. The molecule has 2 rings (SSSR count). The van der Waals surface area contributed by atoms with Crippen molar-refractivity contribution in [2.45, 2.75) is 19.4 Å². The maximum Gasteiger partial charge on any atom is 0.119 e. The number of ether oxygens (including phenoxy) is 1. The molecule has 3 nitrogen and oxygen atoms in total. The van der Waals surface area contributed by atoms with E-state index in [-0.39, 0.29) is 0 Å². The van der Waals surface area contributed by atoms with Crippen molar-refractivity contribution in [1.82, 2.24) is 4.98 Å². The first-order valence-corrected chi connectivity index (χ1v) is 6.12. The van der Waals surface area contributed by atoms with Gasteiger partial charge in [0.25, 0.3) is 0 Å². The normalized spacial score (nSPS) is 12.1. The summed E-state index contributed by atoms with van der Waals surface area (Å²) in [5, 5.41) is 10.2. The van der Waals surface area contributed by atoms with E-state index < -0.39 is 6.10 Å².